The van der Waals surface area contributed by atoms with Crippen molar-refractivity contribution in [3.05, 3.63) is 53.6 Å². The molecule has 8 heteroatoms. The van der Waals surface area contributed by atoms with Crippen LogP contribution in [0.5, 0.6) is 5.75 Å². The first-order chi connectivity index (χ1) is 13.9. The molecular weight excluding hydrogens is 419 g/mol. The maximum Gasteiger partial charge on any atom is 1.00 e. The first kappa shape index (κ1) is 27.2. The van der Waals surface area contributed by atoms with Crippen molar-refractivity contribution >= 4 is 17.6 Å². The van der Waals surface area contributed by atoms with Gasteiger partial charge in [-0.1, -0.05) is 42.0 Å². The second-order valence-electron chi connectivity index (χ2n) is 7.30. The molecule has 0 aromatic heterocycles. The number of carbonyl (C=O) groups is 1. The van der Waals surface area contributed by atoms with Crippen LogP contribution < -0.4 is 39.4 Å². The fraction of sp³-hybridized carbons (Fsp3) is 0.500. The Balaban J connectivity index is 0.00000450. The van der Waals surface area contributed by atoms with Crippen LogP contribution in [0, 0.1) is 11.8 Å². The first-order valence-electron chi connectivity index (χ1n) is 9.82. The average molecular weight is 447 g/mol. The van der Waals surface area contributed by atoms with Gasteiger partial charge in [0.1, 0.15) is 18.5 Å². The van der Waals surface area contributed by atoms with E-state index < -0.39 is 24.3 Å². The van der Waals surface area contributed by atoms with E-state index in [1.807, 2.05) is 12.2 Å². The second kappa shape index (κ2) is 14.2. The average Bonchev–Trinajstić information content (AvgIpc) is 2.93. The molecule has 0 aliphatic heterocycles. The number of rotatable bonds is 11. The van der Waals surface area contributed by atoms with Crippen LogP contribution in [0.15, 0.2) is 48.6 Å². The molecule has 3 N–H and O–H groups in total. The Morgan fingerprint density at radius 2 is 2.07 bits per heavy atom. The quantitative estimate of drug-likeness (QED) is 0.225. The van der Waals surface area contributed by atoms with Crippen LogP contribution in [0.3, 0.4) is 0 Å². The Hall–Kier alpha value is -0.860. The molecule has 0 unspecified atom stereocenters. The minimum atomic E-state index is -1.06. The molecule has 0 radical (unpaired) electrons. The number of aliphatic hydroxyl groups is 3. The molecule has 0 bridgehead atoms. The smallest absolute Gasteiger partial charge is 0.550 e. The first-order valence-corrected chi connectivity index (χ1v) is 10.2. The van der Waals surface area contributed by atoms with Crippen molar-refractivity contribution in [1.29, 1.82) is 0 Å². The predicted octanol–water partition coefficient (Wildman–Crippen LogP) is -1.14. The van der Waals surface area contributed by atoms with Gasteiger partial charge >= 0.3 is 29.6 Å². The maximum absolute atomic E-state index is 10.4. The number of hydrogen-bond acceptors (Lipinski definition) is 6. The van der Waals surface area contributed by atoms with Crippen molar-refractivity contribution in [2.75, 3.05) is 6.61 Å². The molecule has 0 spiro atoms. The Labute approximate surface area is 204 Å². The van der Waals surface area contributed by atoms with E-state index in [1.54, 1.807) is 36.4 Å². The maximum atomic E-state index is 10.4. The van der Waals surface area contributed by atoms with E-state index >= 15 is 0 Å². The molecule has 1 saturated carbocycles. The number of aliphatic carboxylic acids is 1. The van der Waals surface area contributed by atoms with Crippen LogP contribution in [0.25, 0.3) is 0 Å². The van der Waals surface area contributed by atoms with E-state index in [0.717, 1.165) is 0 Å². The fourth-order valence-corrected chi connectivity index (χ4v) is 3.67. The number of halogens is 1. The van der Waals surface area contributed by atoms with Crippen molar-refractivity contribution in [1.82, 2.24) is 0 Å². The molecule has 0 heterocycles. The van der Waals surface area contributed by atoms with Crippen LogP contribution in [-0.2, 0) is 4.79 Å². The molecule has 6 nitrogen and oxygen atoms in total. The van der Waals surface area contributed by atoms with Gasteiger partial charge in [0.25, 0.3) is 0 Å². The summed E-state index contributed by atoms with van der Waals surface area (Å²) in [5.41, 5.74) is 0. The second-order valence-corrected chi connectivity index (χ2v) is 7.74. The van der Waals surface area contributed by atoms with E-state index in [4.69, 9.17) is 16.3 Å². The molecule has 0 saturated heterocycles. The number of aliphatic hydroxyl groups excluding tert-OH is 3. The summed E-state index contributed by atoms with van der Waals surface area (Å²) in [4.78, 5) is 10.4. The number of hydrogen-bond donors (Lipinski definition) is 3. The summed E-state index contributed by atoms with van der Waals surface area (Å²) < 4.78 is 5.50. The summed E-state index contributed by atoms with van der Waals surface area (Å²) >= 11 is 5.89. The van der Waals surface area contributed by atoms with Gasteiger partial charge in [0.2, 0.25) is 0 Å². The molecule has 30 heavy (non-hydrogen) atoms. The van der Waals surface area contributed by atoms with Crippen LogP contribution >= 0.6 is 11.6 Å². The van der Waals surface area contributed by atoms with Gasteiger partial charge in [0.15, 0.2) is 0 Å². The number of ether oxygens (including phenoxy) is 1. The van der Waals surface area contributed by atoms with Gasteiger partial charge in [-0.25, -0.2) is 0 Å². The van der Waals surface area contributed by atoms with Crippen molar-refractivity contribution in [2.45, 2.75) is 50.4 Å². The van der Waals surface area contributed by atoms with Crippen molar-refractivity contribution in [3.63, 3.8) is 0 Å². The summed E-state index contributed by atoms with van der Waals surface area (Å²) in [6.07, 6.45) is 6.93. The third-order valence-electron chi connectivity index (χ3n) is 5.01. The SMILES string of the molecule is O=C([O-])CCC/C=C\C[C@@H]1[C@@H](/C=C/[C@H](O)COc2cccc(Cl)c2)[C@H](O)C[C@@H]1O.[Na+]. The molecule has 2 rings (SSSR count). The third-order valence-corrected chi connectivity index (χ3v) is 5.25. The van der Waals surface area contributed by atoms with Crippen molar-refractivity contribution in [3.8, 4) is 5.75 Å². The molecule has 1 aliphatic carbocycles. The number of benzene rings is 1. The van der Waals surface area contributed by atoms with E-state index in [-0.39, 0.29) is 60.8 Å². The number of carbonyl (C=O) groups excluding carboxylic acids is 1. The van der Waals surface area contributed by atoms with Crippen molar-refractivity contribution in [2.24, 2.45) is 11.8 Å². The fourth-order valence-electron chi connectivity index (χ4n) is 3.49. The molecule has 1 aromatic rings. The van der Waals surface area contributed by atoms with Gasteiger partial charge in [-0.2, -0.15) is 0 Å². The van der Waals surface area contributed by atoms with Crippen LogP contribution in [0.1, 0.15) is 32.1 Å². The van der Waals surface area contributed by atoms with E-state index in [2.05, 4.69) is 0 Å². The van der Waals surface area contributed by atoms with Gasteiger partial charge in [-0.15, -0.1) is 0 Å². The molecule has 1 fully saturated rings. The predicted molar refractivity (Wildman–Crippen MR) is 108 cm³/mol. The van der Waals surface area contributed by atoms with Crippen LogP contribution in [0.4, 0.5) is 0 Å². The zero-order valence-corrected chi connectivity index (χ0v) is 19.9. The van der Waals surface area contributed by atoms with Crippen LogP contribution in [-0.4, -0.2) is 46.2 Å². The van der Waals surface area contributed by atoms with Crippen molar-refractivity contribution < 1.29 is 59.5 Å². The largest absolute Gasteiger partial charge is 1.00 e. The zero-order valence-electron chi connectivity index (χ0n) is 17.2. The van der Waals surface area contributed by atoms with Crippen LogP contribution in [0.2, 0.25) is 5.02 Å². The summed E-state index contributed by atoms with van der Waals surface area (Å²) in [7, 11) is 0. The molecule has 1 aliphatic rings. The Bertz CT molecular complexity index is 711. The van der Waals surface area contributed by atoms with Gasteiger partial charge < -0.3 is 30.0 Å². The van der Waals surface area contributed by atoms with E-state index in [0.29, 0.717) is 30.0 Å². The topological polar surface area (TPSA) is 110 Å². The molecule has 0 amide bonds. The monoisotopic (exact) mass is 446 g/mol. The molecule has 160 valence electrons. The normalized spacial score (nSPS) is 24.8. The van der Waals surface area contributed by atoms with Gasteiger partial charge in [-0.05, 0) is 49.8 Å². The Morgan fingerprint density at radius 3 is 2.77 bits per heavy atom. The van der Waals surface area contributed by atoms with Gasteiger partial charge in [-0.3, -0.25) is 0 Å². The number of unbranched alkanes of at least 4 members (excludes halogenated alkanes) is 1. The summed E-state index contributed by atoms with van der Waals surface area (Å²) in [6, 6.07) is 6.89. The standard InChI is InChI=1S/C22H29ClO6.Na/c23-15-6-5-7-17(12-15)29-14-16(24)10-11-19-18(20(25)13-21(19)26)8-3-1-2-4-9-22(27)28;/h1,3,5-7,10-12,16,18-21,24-26H,2,4,8-9,13-14H2,(H,27,28);/q;+1/p-1/b3-1-,11-10+;/t16-,18+,19+,20-,21+;/m0./s1. The zero-order chi connectivity index (χ0) is 21.2. The summed E-state index contributed by atoms with van der Waals surface area (Å²) in [6.45, 7) is 0.0468. The Kier molecular flexibility index (Phi) is 12.9. The molecule has 1 aromatic carbocycles. The van der Waals surface area contributed by atoms with E-state index in [1.165, 1.54) is 0 Å². The number of carboxylic acid groups (broad SMARTS) is 1. The summed E-state index contributed by atoms with van der Waals surface area (Å²) in [5.74, 6) is -0.947. The van der Waals surface area contributed by atoms with Gasteiger partial charge in [0.05, 0.1) is 12.2 Å². The minimum absolute atomic E-state index is 0. The molecule has 5 atom stereocenters. The minimum Gasteiger partial charge on any atom is -0.550 e. The third kappa shape index (κ3) is 9.52. The summed E-state index contributed by atoms with van der Waals surface area (Å²) in [5, 5.41) is 41.6. The number of allylic oxidation sites excluding steroid dienone is 2. The van der Waals surface area contributed by atoms with Gasteiger partial charge in [0, 0.05) is 23.3 Å². The number of carboxylic acids is 1. The van der Waals surface area contributed by atoms with E-state index in [9.17, 15) is 25.2 Å². The molecular formula is C22H28ClNaO6. The Morgan fingerprint density at radius 1 is 1.30 bits per heavy atom.